The van der Waals surface area contributed by atoms with Crippen molar-refractivity contribution in [3.63, 3.8) is 0 Å². The van der Waals surface area contributed by atoms with Crippen molar-refractivity contribution in [3.05, 3.63) is 36.4 Å². The van der Waals surface area contributed by atoms with Crippen molar-refractivity contribution < 1.29 is 4.42 Å². The fraction of sp³-hybridized carbons (Fsp3) is 0.529. The molecule has 0 bridgehead atoms. The summed E-state index contributed by atoms with van der Waals surface area (Å²) in [6.07, 6.45) is 12.6. The van der Waals surface area contributed by atoms with Crippen LogP contribution >= 0.6 is 0 Å². The standard InChI is InChI=1S/C17H21N3O/c1-2-6-17(5-1)7-8-20(13-17)12-14-10-18-16(19-11-14)15-4-3-9-21-15/h3-4,9-11H,1-2,5-8,12-13H2. The molecule has 0 amide bonds. The second-order valence-corrected chi connectivity index (χ2v) is 6.56. The summed E-state index contributed by atoms with van der Waals surface area (Å²) in [5.74, 6) is 1.39. The minimum atomic E-state index is 0.634. The minimum Gasteiger partial charge on any atom is -0.461 e. The van der Waals surface area contributed by atoms with Gasteiger partial charge in [-0.15, -0.1) is 0 Å². The van der Waals surface area contributed by atoms with Crippen LogP contribution < -0.4 is 0 Å². The molecule has 0 unspecified atom stereocenters. The number of nitrogens with zero attached hydrogens (tertiary/aromatic N) is 3. The molecule has 0 aromatic carbocycles. The third-order valence-corrected chi connectivity index (χ3v) is 5.03. The van der Waals surface area contributed by atoms with Crippen molar-refractivity contribution in [1.82, 2.24) is 14.9 Å². The molecule has 4 heteroatoms. The lowest BCUT2D eigenvalue weighted by atomic mass is 9.86. The van der Waals surface area contributed by atoms with Gasteiger partial charge in [0.1, 0.15) is 0 Å². The lowest BCUT2D eigenvalue weighted by Gasteiger charge is -2.23. The Morgan fingerprint density at radius 2 is 1.95 bits per heavy atom. The van der Waals surface area contributed by atoms with Crippen molar-refractivity contribution in [3.8, 4) is 11.6 Å². The highest BCUT2D eigenvalue weighted by molar-refractivity contribution is 5.45. The maximum Gasteiger partial charge on any atom is 0.195 e. The van der Waals surface area contributed by atoms with Gasteiger partial charge in [-0.1, -0.05) is 12.8 Å². The molecule has 0 atom stereocenters. The molecule has 2 aromatic rings. The zero-order chi connectivity index (χ0) is 14.1. The SMILES string of the molecule is c1coc(-c2ncc(CN3CCC4(CCCC4)C3)cn2)c1. The van der Waals surface area contributed by atoms with Crippen LogP contribution in [0.5, 0.6) is 0 Å². The molecule has 1 spiro atoms. The molecule has 21 heavy (non-hydrogen) atoms. The number of hydrogen-bond acceptors (Lipinski definition) is 4. The third kappa shape index (κ3) is 2.60. The van der Waals surface area contributed by atoms with E-state index in [4.69, 9.17) is 4.42 Å². The Morgan fingerprint density at radius 1 is 1.14 bits per heavy atom. The Kier molecular flexibility index (Phi) is 3.26. The van der Waals surface area contributed by atoms with Crippen LogP contribution in [-0.4, -0.2) is 28.0 Å². The number of hydrogen-bond donors (Lipinski definition) is 0. The second kappa shape index (κ2) is 5.26. The van der Waals surface area contributed by atoms with Gasteiger partial charge in [0, 0.05) is 31.0 Å². The highest BCUT2D eigenvalue weighted by Gasteiger charge is 2.39. The molecule has 4 rings (SSSR count). The summed E-state index contributed by atoms with van der Waals surface area (Å²) in [4.78, 5) is 11.4. The van der Waals surface area contributed by atoms with E-state index in [-0.39, 0.29) is 0 Å². The number of furan rings is 1. The van der Waals surface area contributed by atoms with Gasteiger partial charge in [0.05, 0.1) is 6.26 Å². The van der Waals surface area contributed by atoms with Gasteiger partial charge in [0.2, 0.25) is 0 Å². The van der Waals surface area contributed by atoms with E-state index in [0.717, 1.165) is 12.3 Å². The average molecular weight is 283 g/mol. The Balaban J connectivity index is 1.41. The molecule has 2 fully saturated rings. The van der Waals surface area contributed by atoms with Crippen molar-refractivity contribution in [2.75, 3.05) is 13.1 Å². The summed E-state index contributed by atoms with van der Waals surface area (Å²) in [5.41, 5.74) is 1.83. The highest BCUT2D eigenvalue weighted by atomic mass is 16.3. The number of likely N-dealkylation sites (tertiary alicyclic amines) is 1. The molecule has 4 nitrogen and oxygen atoms in total. The molecule has 0 radical (unpaired) electrons. The minimum absolute atomic E-state index is 0.634. The summed E-state index contributed by atoms with van der Waals surface area (Å²) in [6, 6.07) is 3.75. The molecular formula is C17H21N3O. The molecule has 0 N–H and O–H groups in total. The zero-order valence-electron chi connectivity index (χ0n) is 12.3. The molecule has 3 heterocycles. The Labute approximate surface area is 125 Å². The van der Waals surface area contributed by atoms with E-state index >= 15 is 0 Å². The van der Waals surface area contributed by atoms with E-state index in [2.05, 4.69) is 14.9 Å². The Hall–Kier alpha value is -1.68. The van der Waals surface area contributed by atoms with Gasteiger partial charge in [0.15, 0.2) is 11.6 Å². The summed E-state index contributed by atoms with van der Waals surface area (Å²) < 4.78 is 5.32. The van der Waals surface area contributed by atoms with Crippen molar-refractivity contribution in [1.29, 1.82) is 0 Å². The van der Waals surface area contributed by atoms with Crippen LogP contribution in [0, 0.1) is 5.41 Å². The summed E-state index contributed by atoms with van der Waals surface area (Å²) in [6.45, 7) is 3.45. The smallest absolute Gasteiger partial charge is 0.195 e. The predicted molar refractivity (Wildman–Crippen MR) is 80.5 cm³/mol. The van der Waals surface area contributed by atoms with E-state index in [0.29, 0.717) is 11.2 Å². The summed E-state index contributed by atoms with van der Waals surface area (Å²) >= 11 is 0. The fourth-order valence-corrected chi connectivity index (χ4v) is 3.92. The molecule has 2 aliphatic rings. The first-order chi connectivity index (χ1) is 10.3. The van der Waals surface area contributed by atoms with E-state index in [1.807, 2.05) is 24.5 Å². The van der Waals surface area contributed by atoms with Crippen LogP contribution in [0.3, 0.4) is 0 Å². The maximum absolute atomic E-state index is 5.32. The molecule has 1 aliphatic carbocycles. The van der Waals surface area contributed by atoms with Gasteiger partial charge in [-0.2, -0.15) is 0 Å². The highest BCUT2D eigenvalue weighted by Crippen LogP contribution is 2.45. The molecule has 1 saturated heterocycles. The van der Waals surface area contributed by atoms with Gasteiger partial charge >= 0.3 is 0 Å². The zero-order valence-corrected chi connectivity index (χ0v) is 12.3. The van der Waals surface area contributed by atoms with Crippen LogP contribution in [0.4, 0.5) is 0 Å². The van der Waals surface area contributed by atoms with Gasteiger partial charge in [-0.3, -0.25) is 4.90 Å². The van der Waals surface area contributed by atoms with Crippen molar-refractivity contribution in [2.45, 2.75) is 38.6 Å². The van der Waals surface area contributed by atoms with Crippen LogP contribution in [0.15, 0.2) is 35.2 Å². The monoisotopic (exact) mass is 283 g/mol. The Morgan fingerprint density at radius 3 is 2.67 bits per heavy atom. The molecule has 1 aliphatic heterocycles. The average Bonchev–Trinajstić information content (AvgIpc) is 3.25. The molecular weight excluding hydrogens is 262 g/mol. The lowest BCUT2D eigenvalue weighted by Crippen LogP contribution is -2.24. The fourth-order valence-electron chi connectivity index (χ4n) is 3.92. The second-order valence-electron chi connectivity index (χ2n) is 6.56. The first-order valence-corrected chi connectivity index (χ1v) is 7.90. The van der Waals surface area contributed by atoms with Gasteiger partial charge < -0.3 is 4.42 Å². The van der Waals surface area contributed by atoms with Gasteiger partial charge in [-0.25, -0.2) is 9.97 Å². The van der Waals surface area contributed by atoms with Crippen LogP contribution in [-0.2, 0) is 6.54 Å². The largest absolute Gasteiger partial charge is 0.461 e. The predicted octanol–water partition coefficient (Wildman–Crippen LogP) is 3.50. The summed E-state index contributed by atoms with van der Waals surface area (Å²) in [7, 11) is 0. The Bertz CT molecular complexity index is 585. The number of aromatic nitrogens is 2. The molecule has 110 valence electrons. The quantitative estimate of drug-likeness (QED) is 0.864. The maximum atomic E-state index is 5.32. The van der Waals surface area contributed by atoms with E-state index < -0.39 is 0 Å². The normalized spacial score (nSPS) is 21.3. The van der Waals surface area contributed by atoms with Crippen molar-refractivity contribution >= 4 is 0 Å². The number of rotatable bonds is 3. The topological polar surface area (TPSA) is 42.2 Å². The van der Waals surface area contributed by atoms with E-state index in [1.165, 1.54) is 50.8 Å². The third-order valence-electron chi connectivity index (χ3n) is 5.03. The first kappa shape index (κ1) is 13.0. The van der Waals surface area contributed by atoms with Crippen molar-refractivity contribution in [2.24, 2.45) is 5.41 Å². The molecule has 2 aromatic heterocycles. The lowest BCUT2D eigenvalue weighted by molar-refractivity contribution is 0.255. The van der Waals surface area contributed by atoms with Gasteiger partial charge in [-0.05, 0) is 43.4 Å². The summed E-state index contributed by atoms with van der Waals surface area (Å²) in [5, 5.41) is 0. The van der Waals surface area contributed by atoms with Crippen LogP contribution in [0.1, 0.15) is 37.7 Å². The van der Waals surface area contributed by atoms with Gasteiger partial charge in [0.25, 0.3) is 0 Å². The van der Waals surface area contributed by atoms with Crippen LogP contribution in [0.25, 0.3) is 11.6 Å². The van der Waals surface area contributed by atoms with E-state index in [1.54, 1.807) is 6.26 Å². The van der Waals surface area contributed by atoms with E-state index in [9.17, 15) is 0 Å². The first-order valence-electron chi connectivity index (χ1n) is 7.90. The molecule has 1 saturated carbocycles. The van der Waals surface area contributed by atoms with Crippen LogP contribution in [0.2, 0.25) is 0 Å².